The first-order valence-electron chi connectivity index (χ1n) is 7.31. The summed E-state index contributed by atoms with van der Waals surface area (Å²) in [6, 6.07) is 16.2. The van der Waals surface area contributed by atoms with Crippen molar-refractivity contribution in [2.75, 3.05) is 0 Å². The number of hydrogen-bond donors (Lipinski definition) is 0. The van der Waals surface area contributed by atoms with Gasteiger partial charge in [-0.3, -0.25) is 0 Å². The monoisotopic (exact) mass is 339 g/mol. The summed E-state index contributed by atoms with van der Waals surface area (Å²) in [6.45, 7) is 4.18. The topological polar surface area (TPSA) is 30.2 Å². The van der Waals surface area contributed by atoms with Crippen molar-refractivity contribution in [1.29, 1.82) is 0 Å². The maximum Gasteiger partial charge on any atom is 0.213 e. The maximum absolute atomic E-state index is 5.94. The molecule has 2 aromatic heterocycles. The molecule has 0 fully saturated rings. The van der Waals surface area contributed by atoms with E-state index in [1.54, 1.807) is 11.3 Å². The summed E-state index contributed by atoms with van der Waals surface area (Å²) in [6.07, 6.45) is 0. The number of halogens is 1. The van der Waals surface area contributed by atoms with Crippen LogP contribution >= 0.6 is 22.9 Å². The Labute approximate surface area is 143 Å². The third-order valence-corrected chi connectivity index (χ3v) is 5.27. The van der Waals surface area contributed by atoms with Crippen molar-refractivity contribution in [3.8, 4) is 21.8 Å². The van der Waals surface area contributed by atoms with Crippen LogP contribution in [-0.4, -0.2) is 14.6 Å². The molecule has 0 aliphatic heterocycles. The molecule has 3 nitrogen and oxygen atoms in total. The highest BCUT2D eigenvalue weighted by molar-refractivity contribution is 7.20. The Morgan fingerprint density at radius 3 is 2.22 bits per heavy atom. The average Bonchev–Trinajstić information content (AvgIpc) is 3.09. The fourth-order valence-corrected chi connectivity index (χ4v) is 3.73. The molecule has 0 unspecified atom stereocenters. The van der Waals surface area contributed by atoms with Crippen LogP contribution in [0.15, 0.2) is 48.5 Å². The Hall–Kier alpha value is -2.17. The Balaban J connectivity index is 1.80. The number of aromatic nitrogens is 3. The molecule has 0 aliphatic rings. The lowest BCUT2D eigenvalue weighted by atomic mass is 10.1. The van der Waals surface area contributed by atoms with Gasteiger partial charge in [0.1, 0.15) is 0 Å². The standard InChI is InChI=1S/C18H14ClN3S/c1-11-3-5-13(6-4-11)16-12(2)22-18(23-16)20-17(21-22)14-7-9-15(19)10-8-14/h3-10H,1-2H3. The van der Waals surface area contributed by atoms with E-state index < -0.39 is 0 Å². The molecular formula is C18H14ClN3S. The first-order chi connectivity index (χ1) is 11.1. The van der Waals surface area contributed by atoms with Gasteiger partial charge >= 0.3 is 0 Å². The van der Waals surface area contributed by atoms with Gasteiger partial charge in [0.2, 0.25) is 4.96 Å². The summed E-state index contributed by atoms with van der Waals surface area (Å²) >= 11 is 7.60. The van der Waals surface area contributed by atoms with Gasteiger partial charge in [-0.05, 0) is 43.7 Å². The van der Waals surface area contributed by atoms with Gasteiger partial charge in [0, 0.05) is 10.6 Å². The smallest absolute Gasteiger partial charge is 0.207 e. The van der Waals surface area contributed by atoms with Crippen molar-refractivity contribution in [3.63, 3.8) is 0 Å². The van der Waals surface area contributed by atoms with Gasteiger partial charge in [-0.25, -0.2) is 4.52 Å². The molecule has 4 rings (SSSR count). The van der Waals surface area contributed by atoms with Crippen molar-refractivity contribution in [2.45, 2.75) is 13.8 Å². The molecule has 2 heterocycles. The van der Waals surface area contributed by atoms with Crippen LogP contribution in [0.5, 0.6) is 0 Å². The molecule has 0 atom stereocenters. The molecule has 0 saturated heterocycles. The lowest BCUT2D eigenvalue weighted by molar-refractivity contribution is 0.938. The molecule has 0 bridgehead atoms. The molecule has 2 aromatic carbocycles. The highest BCUT2D eigenvalue weighted by atomic mass is 35.5. The van der Waals surface area contributed by atoms with E-state index in [0.29, 0.717) is 5.02 Å². The van der Waals surface area contributed by atoms with E-state index in [9.17, 15) is 0 Å². The highest BCUT2D eigenvalue weighted by Crippen LogP contribution is 2.33. The predicted molar refractivity (Wildman–Crippen MR) is 96.2 cm³/mol. The molecule has 114 valence electrons. The van der Waals surface area contributed by atoms with E-state index in [1.165, 1.54) is 16.0 Å². The van der Waals surface area contributed by atoms with Gasteiger partial charge in [-0.15, -0.1) is 5.10 Å². The molecule has 5 heteroatoms. The number of hydrogen-bond acceptors (Lipinski definition) is 3. The second-order valence-corrected chi connectivity index (χ2v) is 6.93. The van der Waals surface area contributed by atoms with E-state index in [4.69, 9.17) is 11.6 Å². The van der Waals surface area contributed by atoms with E-state index in [0.717, 1.165) is 22.0 Å². The second-order valence-electron chi connectivity index (χ2n) is 5.52. The molecule has 0 amide bonds. The molecule has 23 heavy (non-hydrogen) atoms. The zero-order valence-electron chi connectivity index (χ0n) is 12.7. The molecule has 0 radical (unpaired) electrons. The number of thiazole rings is 1. The van der Waals surface area contributed by atoms with Crippen molar-refractivity contribution in [3.05, 3.63) is 64.8 Å². The minimum atomic E-state index is 0.715. The van der Waals surface area contributed by atoms with Gasteiger partial charge in [-0.1, -0.05) is 52.8 Å². The van der Waals surface area contributed by atoms with Gasteiger partial charge in [-0.2, -0.15) is 4.98 Å². The van der Waals surface area contributed by atoms with E-state index in [2.05, 4.69) is 48.2 Å². The van der Waals surface area contributed by atoms with Crippen molar-refractivity contribution in [1.82, 2.24) is 14.6 Å². The van der Waals surface area contributed by atoms with Crippen LogP contribution in [0.2, 0.25) is 5.02 Å². The number of rotatable bonds is 2. The Kier molecular flexibility index (Phi) is 3.43. The van der Waals surface area contributed by atoms with Crippen LogP contribution in [-0.2, 0) is 0 Å². The zero-order valence-corrected chi connectivity index (χ0v) is 14.3. The number of nitrogens with zero attached hydrogens (tertiary/aromatic N) is 3. The van der Waals surface area contributed by atoms with Crippen LogP contribution in [0.3, 0.4) is 0 Å². The normalized spacial score (nSPS) is 11.3. The summed E-state index contributed by atoms with van der Waals surface area (Å²) in [7, 11) is 0. The summed E-state index contributed by atoms with van der Waals surface area (Å²) in [5.74, 6) is 0.728. The fourth-order valence-electron chi connectivity index (χ4n) is 2.54. The van der Waals surface area contributed by atoms with Gasteiger partial charge < -0.3 is 0 Å². The van der Waals surface area contributed by atoms with Crippen LogP contribution in [0.4, 0.5) is 0 Å². The van der Waals surface area contributed by atoms with Crippen LogP contribution in [0.25, 0.3) is 26.8 Å². The Bertz CT molecular complexity index is 982. The first-order valence-corrected chi connectivity index (χ1v) is 8.50. The van der Waals surface area contributed by atoms with Crippen molar-refractivity contribution < 1.29 is 0 Å². The van der Waals surface area contributed by atoms with Crippen molar-refractivity contribution in [2.24, 2.45) is 0 Å². The molecule has 0 saturated carbocycles. The quantitative estimate of drug-likeness (QED) is 0.489. The lowest BCUT2D eigenvalue weighted by Gasteiger charge is -2.00. The molecular weight excluding hydrogens is 326 g/mol. The Morgan fingerprint density at radius 2 is 1.57 bits per heavy atom. The highest BCUT2D eigenvalue weighted by Gasteiger charge is 2.15. The van der Waals surface area contributed by atoms with Gasteiger partial charge in [0.25, 0.3) is 0 Å². The van der Waals surface area contributed by atoms with E-state index in [1.807, 2.05) is 28.8 Å². The van der Waals surface area contributed by atoms with Gasteiger partial charge in [0.05, 0.1) is 10.6 Å². The number of aryl methyl sites for hydroxylation is 2. The van der Waals surface area contributed by atoms with E-state index in [-0.39, 0.29) is 0 Å². The minimum Gasteiger partial charge on any atom is -0.207 e. The average molecular weight is 340 g/mol. The maximum atomic E-state index is 5.94. The summed E-state index contributed by atoms with van der Waals surface area (Å²) in [5, 5.41) is 5.36. The van der Waals surface area contributed by atoms with E-state index >= 15 is 0 Å². The number of fused-ring (bicyclic) bond motifs is 1. The van der Waals surface area contributed by atoms with Crippen LogP contribution in [0.1, 0.15) is 11.3 Å². The third kappa shape index (κ3) is 2.54. The third-order valence-electron chi connectivity index (χ3n) is 3.83. The zero-order chi connectivity index (χ0) is 16.0. The fraction of sp³-hybridized carbons (Fsp3) is 0.111. The molecule has 4 aromatic rings. The summed E-state index contributed by atoms with van der Waals surface area (Å²) in [5.41, 5.74) is 4.55. The molecule has 0 N–H and O–H groups in total. The summed E-state index contributed by atoms with van der Waals surface area (Å²) < 4.78 is 1.92. The first kappa shape index (κ1) is 14.4. The molecule has 0 spiro atoms. The predicted octanol–water partition coefficient (Wildman–Crippen LogP) is 5.40. The Morgan fingerprint density at radius 1 is 0.913 bits per heavy atom. The van der Waals surface area contributed by atoms with Gasteiger partial charge in [0.15, 0.2) is 5.82 Å². The van der Waals surface area contributed by atoms with Crippen LogP contribution in [0, 0.1) is 13.8 Å². The largest absolute Gasteiger partial charge is 0.213 e. The SMILES string of the molecule is Cc1ccc(-c2sc3nc(-c4ccc(Cl)cc4)nn3c2C)cc1. The van der Waals surface area contributed by atoms with Crippen molar-refractivity contribution >= 4 is 27.9 Å². The van der Waals surface area contributed by atoms with Crippen LogP contribution < -0.4 is 0 Å². The molecule has 0 aliphatic carbocycles. The number of benzene rings is 2. The minimum absolute atomic E-state index is 0.715. The second kappa shape index (κ2) is 5.48. The summed E-state index contributed by atoms with van der Waals surface area (Å²) in [4.78, 5) is 6.78. The lowest BCUT2D eigenvalue weighted by Crippen LogP contribution is -1.89.